The number of unbranched alkanes of at least 4 members (excludes halogenated alkanes) is 2. The van der Waals surface area contributed by atoms with Crippen LogP contribution in [-0.2, 0) is 0 Å². The van der Waals surface area contributed by atoms with Crippen LogP contribution in [0.5, 0.6) is 0 Å². The van der Waals surface area contributed by atoms with Gasteiger partial charge < -0.3 is 5.32 Å². The minimum atomic E-state index is 1.10. The number of thioether (sulfide) groups is 1. The maximum absolute atomic E-state index is 3.47. The molecule has 0 aromatic rings. The van der Waals surface area contributed by atoms with Gasteiger partial charge in [-0.3, -0.25) is 4.90 Å². The van der Waals surface area contributed by atoms with Crippen LogP contribution in [0.25, 0.3) is 0 Å². The number of hydrogen-bond acceptors (Lipinski definition) is 3. The van der Waals surface area contributed by atoms with Gasteiger partial charge in [0.15, 0.2) is 0 Å². The van der Waals surface area contributed by atoms with Gasteiger partial charge >= 0.3 is 0 Å². The molecule has 1 N–H and O–H groups in total. The molecule has 1 aliphatic rings. The molecule has 1 radical (unpaired) electrons. The minimum absolute atomic E-state index is 1.10. The molecule has 3 heteroatoms. The Morgan fingerprint density at radius 2 is 1.87 bits per heavy atom. The Labute approximate surface area is 99.2 Å². The molecule has 1 saturated heterocycles. The van der Waals surface area contributed by atoms with E-state index < -0.39 is 0 Å². The summed E-state index contributed by atoms with van der Waals surface area (Å²) >= 11 is 2.05. The molecule has 89 valence electrons. The average molecular weight is 229 g/mol. The van der Waals surface area contributed by atoms with Crippen molar-refractivity contribution in [3.63, 3.8) is 0 Å². The fraction of sp³-hybridized carbons (Fsp3) is 0.917. The van der Waals surface area contributed by atoms with Gasteiger partial charge in [-0.25, -0.2) is 0 Å². The van der Waals surface area contributed by atoms with E-state index in [1.54, 1.807) is 5.37 Å². The summed E-state index contributed by atoms with van der Waals surface area (Å²) in [6.07, 6.45) is 5.25. The third-order valence-electron chi connectivity index (χ3n) is 2.74. The van der Waals surface area contributed by atoms with Crippen molar-refractivity contribution in [3.8, 4) is 0 Å². The zero-order valence-electron chi connectivity index (χ0n) is 10.2. The van der Waals surface area contributed by atoms with Crippen molar-refractivity contribution in [2.45, 2.75) is 39.5 Å². The first-order valence-electron chi connectivity index (χ1n) is 6.32. The van der Waals surface area contributed by atoms with Gasteiger partial charge in [0.05, 0.1) is 0 Å². The summed E-state index contributed by atoms with van der Waals surface area (Å²) in [6.45, 7) is 9.31. The van der Waals surface area contributed by atoms with Crippen molar-refractivity contribution in [2.24, 2.45) is 0 Å². The quantitative estimate of drug-likeness (QED) is 0.722. The molecule has 0 saturated carbocycles. The lowest BCUT2D eigenvalue weighted by Gasteiger charge is -2.33. The second kappa shape index (κ2) is 8.43. The lowest BCUT2D eigenvalue weighted by atomic mass is 10.2. The minimum Gasteiger partial charge on any atom is -0.313 e. The lowest BCUT2D eigenvalue weighted by Crippen LogP contribution is -2.39. The third kappa shape index (κ3) is 5.23. The predicted octanol–water partition coefficient (Wildman–Crippen LogP) is 2.71. The SMILES string of the molecule is CCCCN(CCCC)[C]1CNCCS1. The molecule has 1 fully saturated rings. The Balaban J connectivity index is 2.30. The van der Waals surface area contributed by atoms with Crippen LogP contribution in [0.2, 0.25) is 0 Å². The van der Waals surface area contributed by atoms with E-state index in [1.165, 1.54) is 51.1 Å². The topological polar surface area (TPSA) is 15.3 Å². The Kier molecular flexibility index (Phi) is 7.49. The molecular formula is C12H25N2S. The Morgan fingerprint density at radius 3 is 2.33 bits per heavy atom. The molecule has 2 nitrogen and oxygen atoms in total. The molecule has 0 atom stereocenters. The highest BCUT2D eigenvalue weighted by Gasteiger charge is 2.21. The number of rotatable bonds is 7. The summed E-state index contributed by atoms with van der Waals surface area (Å²) < 4.78 is 0. The molecular weight excluding hydrogens is 204 g/mol. The fourth-order valence-corrected chi connectivity index (χ4v) is 2.80. The highest BCUT2D eigenvalue weighted by atomic mass is 32.2. The fourth-order valence-electron chi connectivity index (χ4n) is 1.75. The first-order valence-corrected chi connectivity index (χ1v) is 7.31. The predicted molar refractivity (Wildman–Crippen MR) is 70.0 cm³/mol. The Hall–Kier alpha value is 0.270. The summed E-state index contributed by atoms with van der Waals surface area (Å²) in [5.41, 5.74) is 0. The molecule has 1 aliphatic heterocycles. The number of nitrogens with zero attached hydrogens (tertiary/aromatic N) is 1. The zero-order valence-corrected chi connectivity index (χ0v) is 11.0. The van der Waals surface area contributed by atoms with E-state index in [9.17, 15) is 0 Å². The number of nitrogens with one attached hydrogen (secondary N) is 1. The highest BCUT2D eigenvalue weighted by Crippen LogP contribution is 2.26. The van der Waals surface area contributed by atoms with E-state index in [0.717, 1.165) is 6.54 Å². The molecule has 0 spiro atoms. The summed E-state index contributed by atoms with van der Waals surface area (Å²) in [7, 11) is 0. The van der Waals surface area contributed by atoms with Crippen LogP contribution in [0.1, 0.15) is 39.5 Å². The van der Waals surface area contributed by atoms with Gasteiger partial charge in [-0.2, -0.15) is 0 Å². The van der Waals surface area contributed by atoms with E-state index in [0.29, 0.717) is 0 Å². The molecule has 1 rings (SSSR count). The maximum atomic E-state index is 3.47. The summed E-state index contributed by atoms with van der Waals surface area (Å²) in [5, 5.41) is 5.04. The Morgan fingerprint density at radius 1 is 1.20 bits per heavy atom. The van der Waals surface area contributed by atoms with E-state index in [-0.39, 0.29) is 0 Å². The molecule has 0 bridgehead atoms. The van der Waals surface area contributed by atoms with Gasteiger partial charge in [0.1, 0.15) is 5.37 Å². The van der Waals surface area contributed by atoms with E-state index in [4.69, 9.17) is 0 Å². The van der Waals surface area contributed by atoms with Crippen LogP contribution in [0.15, 0.2) is 0 Å². The van der Waals surface area contributed by atoms with Crippen molar-refractivity contribution in [2.75, 3.05) is 31.9 Å². The van der Waals surface area contributed by atoms with Crippen LogP contribution < -0.4 is 5.32 Å². The van der Waals surface area contributed by atoms with Crippen molar-refractivity contribution >= 4 is 11.8 Å². The van der Waals surface area contributed by atoms with Crippen molar-refractivity contribution < 1.29 is 0 Å². The first kappa shape index (κ1) is 13.3. The van der Waals surface area contributed by atoms with E-state index in [1.807, 2.05) is 0 Å². The monoisotopic (exact) mass is 229 g/mol. The summed E-state index contributed by atoms with van der Waals surface area (Å²) in [6, 6.07) is 0. The van der Waals surface area contributed by atoms with Gasteiger partial charge in [0.25, 0.3) is 0 Å². The lowest BCUT2D eigenvalue weighted by molar-refractivity contribution is 0.299. The van der Waals surface area contributed by atoms with Crippen LogP contribution >= 0.6 is 11.8 Å². The molecule has 0 aromatic carbocycles. The van der Waals surface area contributed by atoms with E-state index in [2.05, 4.69) is 35.8 Å². The van der Waals surface area contributed by atoms with Gasteiger partial charge in [0.2, 0.25) is 0 Å². The normalized spacial score (nSPS) is 18.6. The molecule has 15 heavy (non-hydrogen) atoms. The molecule has 0 aromatic heterocycles. The van der Waals surface area contributed by atoms with E-state index >= 15 is 0 Å². The third-order valence-corrected chi connectivity index (χ3v) is 3.88. The summed E-state index contributed by atoms with van der Waals surface area (Å²) in [4.78, 5) is 2.60. The molecule has 1 heterocycles. The van der Waals surface area contributed by atoms with Crippen molar-refractivity contribution in [3.05, 3.63) is 5.37 Å². The van der Waals surface area contributed by atoms with Crippen LogP contribution in [0.3, 0.4) is 0 Å². The van der Waals surface area contributed by atoms with Gasteiger partial charge in [-0.15, -0.1) is 11.8 Å². The standard InChI is InChI=1S/C12H25N2S/c1-3-5-8-14(9-6-4-2)12-11-13-7-10-15-12/h13H,3-11H2,1-2H3. The Bertz CT molecular complexity index is 139. The highest BCUT2D eigenvalue weighted by molar-refractivity contribution is 8.02. The van der Waals surface area contributed by atoms with Crippen LogP contribution in [-0.4, -0.2) is 36.8 Å². The van der Waals surface area contributed by atoms with Gasteiger partial charge in [-0.05, 0) is 25.9 Å². The van der Waals surface area contributed by atoms with Crippen LogP contribution in [0.4, 0.5) is 0 Å². The van der Waals surface area contributed by atoms with Crippen LogP contribution in [0, 0.1) is 5.37 Å². The average Bonchev–Trinajstić information content (AvgIpc) is 2.30. The van der Waals surface area contributed by atoms with Crippen molar-refractivity contribution in [1.29, 1.82) is 0 Å². The van der Waals surface area contributed by atoms with Gasteiger partial charge in [0, 0.05) is 18.8 Å². The largest absolute Gasteiger partial charge is 0.313 e. The second-order valence-electron chi connectivity index (χ2n) is 4.11. The maximum Gasteiger partial charge on any atom is 0.109 e. The first-order chi connectivity index (χ1) is 7.38. The smallest absolute Gasteiger partial charge is 0.109 e. The van der Waals surface area contributed by atoms with Crippen molar-refractivity contribution in [1.82, 2.24) is 10.2 Å². The molecule has 0 amide bonds. The summed E-state index contributed by atoms with van der Waals surface area (Å²) in [5.74, 6) is 1.24. The number of hydrogen-bond donors (Lipinski definition) is 1. The molecule has 0 aliphatic carbocycles. The van der Waals surface area contributed by atoms with Gasteiger partial charge in [-0.1, -0.05) is 26.7 Å². The second-order valence-corrected chi connectivity index (χ2v) is 5.28. The zero-order chi connectivity index (χ0) is 10.9. The molecule has 0 unspecified atom stereocenters.